The van der Waals surface area contributed by atoms with Crippen molar-refractivity contribution in [2.45, 2.75) is 32.6 Å². The number of nitrogens with zero attached hydrogens (tertiary/aromatic N) is 1. The van der Waals surface area contributed by atoms with Crippen molar-refractivity contribution in [3.05, 3.63) is 89.5 Å². The number of amides is 3. The van der Waals surface area contributed by atoms with E-state index in [1.165, 1.54) is 12.0 Å². The molecule has 1 aliphatic rings. The molecule has 0 radical (unpaired) electrons. The van der Waals surface area contributed by atoms with Crippen LogP contribution in [0.2, 0.25) is 0 Å². The topological polar surface area (TPSA) is 73.5 Å². The highest BCUT2D eigenvalue weighted by Crippen LogP contribution is 2.27. The molecule has 6 nitrogen and oxygen atoms in total. The third-order valence-corrected chi connectivity index (χ3v) is 6.01. The van der Waals surface area contributed by atoms with Crippen LogP contribution < -0.4 is 20.9 Å². The summed E-state index contributed by atoms with van der Waals surface area (Å²) in [6.45, 7) is 4.40. The minimum absolute atomic E-state index is 0.126. The Kier molecular flexibility index (Phi) is 7.81. The van der Waals surface area contributed by atoms with Crippen LogP contribution in [-0.4, -0.2) is 31.6 Å². The first-order chi connectivity index (χ1) is 16.6. The zero-order chi connectivity index (χ0) is 23.8. The van der Waals surface area contributed by atoms with Gasteiger partial charge in [0.2, 0.25) is 0 Å². The maximum Gasteiger partial charge on any atom is 0.323 e. The average Bonchev–Trinajstić information content (AvgIpc) is 2.85. The summed E-state index contributed by atoms with van der Waals surface area (Å²) in [5, 5.41) is 8.78. The molecule has 3 aromatic carbocycles. The highest BCUT2D eigenvalue weighted by Gasteiger charge is 2.19. The second-order valence-corrected chi connectivity index (χ2v) is 8.72. The summed E-state index contributed by atoms with van der Waals surface area (Å²) in [6, 6.07) is 23.0. The van der Waals surface area contributed by atoms with Crippen LogP contribution in [0.25, 0.3) is 0 Å². The van der Waals surface area contributed by atoms with Gasteiger partial charge in [0.15, 0.2) is 0 Å². The van der Waals surface area contributed by atoms with Crippen molar-refractivity contribution in [1.29, 1.82) is 0 Å². The molecule has 1 aliphatic heterocycles. The Labute approximate surface area is 201 Å². The van der Waals surface area contributed by atoms with Gasteiger partial charge in [0.1, 0.15) is 0 Å². The van der Waals surface area contributed by atoms with Crippen molar-refractivity contribution >= 4 is 29.0 Å². The minimum atomic E-state index is -0.341. The molecular weight excluding hydrogens is 424 g/mol. The zero-order valence-corrected chi connectivity index (χ0v) is 19.6. The van der Waals surface area contributed by atoms with Crippen LogP contribution in [0.5, 0.6) is 0 Å². The Morgan fingerprint density at radius 1 is 0.824 bits per heavy atom. The average molecular weight is 457 g/mol. The number of urea groups is 1. The van der Waals surface area contributed by atoms with E-state index in [4.69, 9.17) is 0 Å². The van der Waals surface area contributed by atoms with Crippen LogP contribution in [-0.2, 0) is 6.42 Å². The number of carbonyl (C=O) groups is 2. The third-order valence-electron chi connectivity index (χ3n) is 6.01. The lowest BCUT2D eigenvalue weighted by Gasteiger charge is -2.30. The normalized spacial score (nSPS) is 13.3. The van der Waals surface area contributed by atoms with Gasteiger partial charge in [0.05, 0.1) is 5.56 Å². The van der Waals surface area contributed by atoms with E-state index >= 15 is 0 Å². The fraction of sp³-hybridized carbons (Fsp3) is 0.286. The van der Waals surface area contributed by atoms with E-state index in [1.807, 2.05) is 61.5 Å². The van der Waals surface area contributed by atoms with Crippen molar-refractivity contribution in [2.75, 3.05) is 35.2 Å². The fourth-order valence-electron chi connectivity index (χ4n) is 4.28. The molecule has 6 heteroatoms. The highest BCUT2D eigenvalue weighted by molar-refractivity contribution is 6.04. The molecule has 176 valence electrons. The predicted molar refractivity (Wildman–Crippen MR) is 139 cm³/mol. The largest absolute Gasteiger partial charge is 0.371 e. The van der Waals surface area contributed by atoms with Gasteiger partial charge in [-0.2, -0.15) is 0 Å². The number of nitrogens with one attached hydrogen (secondary N) is 3. The van der Waals surface area contributed by atoms with E-state index in [0.29, 0.717) is 17.8 Å². The summed E-state index contributed by atoms with van der Waals surface area (Å²) in [6.07, 6.45) is 4.22. The van der Waals surface area contributed by atoms with Gasteiger partial charge in [0.25, 0.3) is 5.91 Å². The molecule has 0 spiro atoms. The monoisotopic (exact) mass is 456 g/mol. The Morgan fingerprint density at radius 3 is 2.29 bits per heavy atom. The molecular formula is C28H32N4O2. The Bertz CT molecular complexity index is 1120. The lowest BCUT2D eigenvalue weighted by Crippen LogP contribution is -2.33. The van der Waals surface area contributed by atoms with Crippen molar-refractivity contribution in [1.82, 2.24) is 5.32 Å². The quantitative estimate of drug-likeness (QED) is 0.433. The highest BCUT2D eigenvalue weighted by atomic mass is 16.2. The summed E-state index contributed by atoms with van der Waals surface area (Å²) < 4.78 is 0. The number of rotatable bonds is 7. The van der Waals surface area contributed by atoms with E-state index in [-0.39, 0.29) is 11.9 Å². The van der Waals surface area contributed by atoms with Gasteiger partial charge in [-0.15, -0.1) is 0 Å². The molecule has 0 unspecified atom stereocenters. The standard InChI is InChI=1S/C28H32N4O2/c1-21-9-8-12-23(19-21)30-28(34)31-24-13-14-26(32-17-6-3-7-18-32)25(20-24)27(33)29-16-15-22-10-4-2-5-11-22/h2,4-5,8-14,19-20H,3,6-7,15-18H2,1H3,(H,29,33)(H2,30,31,34). The first-order valence-corrected chi connectivity index (χ1v) is 11.9. The van der Waals surface area contributed by atoms with Gasteiger partial charge in [0, 0.05) is 36.7 Å². The Morgan fingerprint density at radius 2 is 1.56 bits per heavy atom. The van der Waals surface area contributed by atoms with E-state index in [1.54, 1.807) is 6.07 Å². The summed E-state index contributed by atoms with van der Waals surface area (Å²) >= 11 is 0. The van der Waals surface area contributed by atoms with Crippen LogP contribution in [0.4, 0.5) is 21.9 Å². The minimum Gasteiger partial charge on any atom is -0.371 e. The van der Waals surface area contributed by atoms with Crippen molar-refractivity contribution in [3.63, 3.8) is 0 Å². The van der Waals surface area contributed by atoms with Crippen molar-refractivity contribution in [3.8, 4) is 0 Å². The molecule has 3 amide bonds. The van der Waals surface area contributed by atoms with Crippen LogP contribution >= 0.6 is 0 Å². The van der Waals surface area contributed by atoms with Crippen LogP contribution in [0, 0.1) is 6.92 Å². The van der Waals surface area contributed by atoms with E-state index < -0.39 is 0 Å². The number of aryl methyl sites for hydroxylation is 1. The first-order valence-electron chi connectivity index (χ1n) is 11.9. The van der Waals surface area contributed by atoms with E-state index in [2.05, 4.69) is 33.0 Å². The molecule has 0 atom stereocenters. The number of benzene rings is 3. The van der Waals surface area contributed by atoms with E-state index in [9.17, 15) is 9.59 Å². The smallest absolute Gasteiger partial charge is 0.323 e. The predicted octanol–water partition coefficient (Wildman–Crippen LogP) is 5.60. The fourth-order valence-corrected chi connectivity index (χ4v) is 4.28. The van der Waals surface area contributed by atoms with Crippen molar-refractivity contribution in [2.24, 2.45) is 0 Å². The molecule has 0 aromatic heterocycles. The molecule has 0 bridgehead atoms. The molecule has 1 heterocycles. The molecule has 1 fully saturated rings. The molecule has 3 N–H and O–H groups in total. The van der Waals surface area contributed by atoms with Gasteiger partial charge >= 0.3 is 6.03 Å². The second-order valence-electron chi connectivity index (χ2n) is 8.72. The van der Waals surface area contributed by atoms with Crippen LogP contribution in [0.3, 0.4) is 0 Å². The van der Waals surface area contributed by atoms with Crippen LogP contribution in [0.15, 0.2) is 72.8 Å². The number of carbonyl (C=O) groups excluding carboxylic acids is 2. The summed E-state index contributed by atoms with van der Waals surface area (Å²) in [5.74, 6) is -0.126. The van der Waals surface area contributed by atoms with Gasteiger partial charge in [-0.05, 0) is 74.1 Å². The molecule has 4 rings (SSSR count). The first kappa shape index (κ1) is 23.4. The lowest BCUT2D eigenvalue weighted by molar-refractivity contribution is 0.0954. The second kappa shape index (κ2) is 11.4. The maximum absolute atomic E-state index is 13.2. The number of anilines is 3. The summed E-state index contributed by atoms with van der Waals surface area (Å²) in [4.78, 5) is 28.0. The third kappa shape index (κ3) is 6.38. The number of piperidine rings is 1. The van der Waals surface area contributed by atoms with Gasteiger partial charge in [-0.3, -0.25) is 4.79 Å². The van der Waals surface area contributed by atoms with E-state index in [0.717, 1.165) is 49.3 Å². The summed E-state index contributed by atoms with van der Waals surface area (Å²) in [5.41, 5.74) is 5.06. The van der Waals surface area contributed by atoms with Gasteiger partial charge in [-0.1, -0.05) is 42.5 Å². The zero-order valence-electron chi connectivity index (χ0n) is 19.6. The molecule has 0 aliphatic carbocycles. The number of hydrogen-bond donors (Lipinski definition) is 3. The molecule has 1 saturated heterocycles. The van der Waals surface area contributed by atoms with Crippen molar-refractivity contribution < 1.29 is 9.59 Å². The van der Waals surface area contributed by atoms with Gasteiger partial charge < -0.3 is 20.9 Å². The molecule has 34 heavy (non-hydrogen) atoms. The summed E-state index contributed by atoms with van der Waals surface area (Å²) in [7, 11) is 0. The lowest BCUT2D eigenvalue weighted by atomic mass is 10.1. The Hall–Kier alpha value is -3.80. The van der Waals surface area contributed by atoms with Crippen LogP contribution in [0.1, 0.15) is 40.7 Å². The Balaban J connectivity index is 1.47. The maximum atomic E-state index is 13.2. The number of hydrogen-bond acceptors (Lipinski definition) is 3. The van der Waals surface area contributed by atoms with Gasteiger partial charge in [-0.25, -0.2) is 4.79 Å². The molecule has 0 saturated carbocycles. The molecule has 3 aromatic rings. The SMILES string of the molecule is Cc1cccc(NC(=O)Nc2ccc(N3CCCCC3)c(C(=O)NCCc3ccccc3)c2)c1.